The lowest BCUT2D eigenvalue weighted by molar-refractivity contribution is 0.0719. The molecular weight excluding hydrogens is 399 g/mol. The van der Waals surface area contributed by atoms with Crippen LogP contribution in [0.15, 0.2) is 36.4 Å². The molecule has 2 aromatic rings. The first-order valence-corrected chi connectivity index (χ1v) is 9.80. The number of halogens is 2. The zero-order chi connectivity index (χ0) is 20.3. The molecule has 0 aliphatic carbocycles. The number of amides is 2. The Bertz CT molecular complexity index is 888. The van der Waals surface area contributed by atoms with Crippen molar-refractivity contribution in [3.8, 4) is 0 Å². The average molecular weight is 421 g/mol. The van der Waals surface area contributed by atoms with E-state index in [0.717, 1.165) is 0 Å². The number of hydrogen-bond acceptors (Lipinski definition) is 4. The Hall–Kier alpha value is -2.31. The van der Waals surface area contributed by atoms with E-state index < -0.39 is 0 Å². The highest BCUT2D eigenvalue weighted by atomic mass is 35.5. The monoisotopic (exact) mass is 420 g/mol. The van der Waals surface area contributed by atoms with Crippen LogP contribution < -0.4 is 4.90 Å². The Morgan fingerprint density at radius 2 is 1.61 bits per heavy atom. The summed E-state index contributed by atoms with van der Waals surface area (Å²) in [7, 11) is 3.69. The van der Waals surface area contributed by atoms with Gasteiger partial charge in [-0.3, -0.25) is 9.59 Å². The van der Waals surface area contributed by atoms with Gasteiger partial charge in [-0.25, -0.2) is 4.98 Å². The van der Waals surface area contributed by atoms with Crippen molar-refractivity contribution in [1.29, 1.82) is 0 Å². The number of hydrogen-bond donors (Lipinski definition) is 0. The van der Waals surface area contributed by atoms with Crippen LogP contribution in [0.1, 0.15) is 27.1 Å². The van der Waals surface area contributed by atoms with Crippen molar-refractivity contribution in [3.63, 3.8) is 0 Å². The van der Waals surface area contributed by atoms with E-state index in [-0.39, 0.29) is 17.0 Å². The summed E-state index contributed by atoms with van der Waals surface area (Å²) in [6.45, 7) is 2.05. The van der Waals surface area contributed by atoms with Crippen molar-refractivity contribution < 1.29 is 9.59 Å². The quantitative estimate of drug-likeness (QED) is 0.713. The molecule has 1 aliphatic heterocycles. The van der Waals surface area contributed by atoms with Crippen LogP contribution in [0.4, 0.5) is 5.82 Å². The molecule has 1 aromatic heterocycles. The van der Waals surface area contributed by atoms with Gasteiger partial charge in [0.05, 0.1) is 10.6 Å². The first-order valence-electron chi connectivity index (χ1n) is 9.05. The Morgan fingerprint density at radius 3 is 2.25 bits per heavy atom. The predicted octanol–water partition coefficient (Wildman–Crippen LogP) is 3.44. The van der Waals surface area contributed by atoms with Gasteiger partial charge in [0.15, 0.2) is 0 Å². The smallest absolute Gasteiger partial charge is 0.255 e. The van der Waals surface area contributed by atoms with Gasteiger partial charge in [0.25, 0.3) is 11.8 Å². The molecule has 2 heterocycles. The first kappa shape index (κ1) is 20.4. The maximum Gasteiger partial charge on any atom is 0.255 e. The summed E-state index contributed by atoms with van der Waals surface area (Å²) in [5.74, 6) is 0.405. The van der Waals surface area contributed by atoms with Gasteiger partial charge < -0.3 is 14.7 Å². The molecule has 148 valence electrons. The van der Waals surface area contributed by atoms with E-state index >= 15 is 0 Å². The van der Waals surface area contributed by atoms with Crippen molar-refractivity contribution in [3.05, 3.63) is 57.7 Å². The fourth-order valence-corrected chi connectivity index (χ4v) is 3.57. The number of benzene rings is 1. The van der Waals surface area contributed by atoms with Crippen LogP contribution in [0, 0.1) is 0 Å². The lowest BCUT2D eigenvalue weighted by Gasteiger charge is -2.23. The van der Waals surface area contributed by atoms with E-state index in [9.17, 15) is 9.59 Å². The number of carbonyl (C=O) groups excluding carboxylic acids is 2. The second-order valence-electron chi connectivity index (χ2n) is 6.85. The standard InChI is InChI=1S/C20H22Cl2N4O2/c1-24(2)18-13-14(12-17(22)23-18)19(27)25-8-5-9-26(11-10-25)20(28)15-6-3-4-7-16(15)21/h3-4,6-7,12-13H,5,8-11H2,1-2H3. The maximum atomic E-state index is 13.0. The average Bonchev–Trinajstić information content (AvgIpc) is 2.93. The van der Waals surface area contributed by atoms with Gasteiger partial charge in [0.1, 0.15) is 11.0 Å². The molecule has 1 aromatic carbocycles. The Balaban J connectivity index is 1.72. The summed E-state index contributed by atoms with van der Waals surface area (Å²) in [6, 6.07) is 10.3. The van der Waals surface area contributed by atoms with Gasteiger partial charge >= 0.3 is 0 Å². The van der Waals surface area contributed by atoms with E-state index in [1.807, 2.05) is 14.1 Å². The number of rotatable bonds is 3. The van der Waals surface area contributed by atoms with E-state index in [1.165, 1.54) is 0 Å². The molecule has 3 rings (SSSR count). The highest BCUT2D eigenvalue weighted by molar-refractivity contribution is 6.33. The topological polar surface area (TPSA) is 56.8 Å². The molecule has 0 bridgehead atoms. The zero-order valence-electron chi connectivity index (χ0n) is 15.9. The molecule has 1 fully saturated rings. The van der Waals surface area contributed by atoms with E-state index in [0.29, 0.717) is 54.6 Å². The molecule has 0 atom stereocenters. The Kier molecular flexibility index (Phi) is 6.42. The minimum Gasteiger partial charge on any atom is -0.363 e. The third-order valence-electron chi connectivity index (χ3n) is 4.66. The van der Waals surface area contributed by atoms with Crippen LogP contribution in [-0.2, 0) is 0 Å². The molecule has 0 N–H and O–H groups in total. The van der Waals surface area contributed by atoms with Crippen LogP contribution >= 0.6 is 23.2 Å². The molecule has 0 spiro atoms. The summed E-state index contributed by atoms with van der Waals surface area (Å²) in [5, 5.41) is 0.715. The maximum absolute atomic E-state index is 13.0. The number of aromatic nitrogens is 1. The highest BCUT2D eigenvalue weighted by Gasteiger charge is 2.25. The number of carbonyl (C=O) groups is 2. The van der Waals surface area contributed by atoms with Gasteiger partial charge in [-0.15, -0.1) is 0 Å². The SMILES string of the molecule is CN(C)c1cc(C(=O)N2CCCN(C(=O)c3ccccc3Cl)CC2)cc(Cl)n1. The molecule has 1 saturated heterocycles. The van der Waals surface area contributed by atoms with Crippen LogP contribution in [-0.4, -0.2) is 66.9 Å². The largest absolute Gasteiger partial charge is 0.363 e. The number of pyridine rings is 1. The van der Waals surface area contributed by atoms with Crippen LogP contribution in [0.25, 0.3) is 0 Å². The summed E-state index contributed by atoms with van der Waals surface area (Å²) >= 11 is 12.2. The van der Waals surface area contributed by atoms with Gasteiger partial charge in [-0.2, -0.15) is 0 Å². The van der Waals surface area contributed by atoms with E-state index in [2.05, 4.69) is 4.98 Å². The Labute approximate surface area is 174 Å². The van der Waals surface area contributed by atoms with Gasteiger partial charge in [-0.1, -0.05) is 35.3 Å². The summed E-state index contributed by atoms with van der Waals surface area (Å²) < 4.78 is 0. The van der Waals surface area contributed by atoms with Gasteiger partial charge in [0.2, 0.25) is 0 Å². The predicted molar refractivity (Wildman–Crippen MR) is 111 cm³/mol. The molecule has 0 radical (unpaired) electrons. The highest BCUT2D eigenvalue weighted by Crippen LogP contribution is 2.20. The van der Waals surface area contributed by atoms with Crippen molar-refractivity contribution in [2.45, 2.75) is 6.42 Å². The summed E-state index contributed by atoms with van der Waals surface area (Å²) in [5.41, 5.74) is 0.982. The minimum absolute atomic E-state index is 0.109. The number of nitrogens with zero attached hydrogens (tertiary/aromatic N) is 4. The molecular formula is C20H22Cl2N4O2. The molecule has 2 amide bonds. The van der Waals surface area contributed by atoms with Crippen molar-refractivity contribution >= 4 is 40.8 Å². The van der Waals surface area contributed by atoms with Crippen molar-refractivity contribution in [2.75, 3.05) is 45.2 Å². The lowest BCUT2D eigenvalue weighted by atomic mass is 10.2. The zero-order valence-corrected chi connectivity index (χ0v) is 17.4. The molecule has 1 aliphatic rings. The second-order valence-corrected chi connectivity index (χ2v) is 7.64. The van der Waals surface area contributed by atoms with Crippen LogP contribution in [0.2, 0.25) is 10.2 Å². The van der Waals surface area contributed by atoms with Crippen LogP contribution in [0.3, 0.4) is 0 Å². The third kappa shape index (κ3) is 4.56. The van der Waals surface area contributed by atoms with Gasteiger partial charge in [-0.05, 0) is 30.7 Å². The van der Waals surface area contributed by atoms with Crippen molar-refractivity contribution in [1.82, 2.24) is 14.8 Å². The molecule has 6 nitrogen and oxygen atoms in total. The minimum atomic E-state index is -0.112. The molecule has 8 heteroatoms. The normalized spacial score (nSPS) is 14.6. The van der Waals surface area contributed by atoms with E-state index in [1.54, 1.807) is 51.1 Å². The number of anilines is 1. The van der Waals surface area contributed by atoms with Crippen molar-refractivity contribution in [2.24, 2.45) is 0 Å². The fraction of sp³-hybridized carbons (Fsp3) is 0.350. The second kappa shape index (κ2) is 8.80. The molecule has 0 saturated carbocycles. The summed E-state index contributed by atoms with van der Waals surface area (Å²) in [4.78, 5) is 35.3. The fourth-order valence-electron chi connectivity index (χ4n) is 3.15. The molecule has 0 unspecified atom stereocenters. The summed E-state index contributed by atoms with van der Waals surface area (Å²) in [6.07, 6.45) is 0.696. The van der Waals surface area contributed by atoms with Gasteiger partial charge in [0, 0.05) is 45.8 Å². The Morgan fingerprint density at radius 1 is 0.964 bits per heavy atom. The first-order chi connectivity index (χ1) is 13.4. The molecule has 28 heavy (non-hydrogen) atoms. The lowest BCUT2D eigenvalue weighted by Crippen LogP contribution is -2.37. The van der Waals surface area contributed by atoms with E-state index in [4.69, 9.17) is 23.2 Å². The van der Waals surface area contributed by atoms with Crippen LogP contribution in [0.5, 0.6) is 0 Å². The third-order valence-corrected chi connectivity index (χ3v) is 5.18.